The smallest absolute Gasteiger partial charge is 0.348 e. The Labute approximate surface area is 150 Å². The van der Waals surface area contributed by atoms with Crippen LogP contribution < -0.4 is 4.72 Å². The first-order chi connectivity index (χ1) is 11.4. The van der Waals surface area contributed by atoms with Gasteiger partial charge in [0.1, 0.15) is 10.4 Å². The van der Waals surface area contributed by atoms with Gasteiger partial charge in [0.05, 0.1) is 25.9 Å². The topological polar surface area (TPSA) is 123 Å². The second-order valence-electron chi connectivity index (χ2n) is 5.78. The van der Waals surface area contributed by atoms with Gasteiger partial charge in [0.25, 0.3) is 10.0 Å². The zero-order valence-corrected chi connectivity index (χ0v) is 16.4. The summed E-state index contributed by atoms with van der Waals surface area (Å²) in [5, 5.41) is 9.34. The molecule has 0 fully saturated rings. The van der Waals surface area contributed by atoms with Crippen LogP contribution in [0.3, 0.4) is 0 Å². The molecule has 1 aromatic rings. The lowest BCUT2D eigenvalue weighted by molar-refractivity contribution is 0.0596. The number of sulfonamides is 1. The minimum absolute atomic E-state index is 0.0218. The molecule has 1 atom stereocenters. The highest BCUT2D eigenvalue weighted by atomic mass is 32.2. The number of hydrogen-bond acceptors (Lipinski definition) is 8. The van der Waals surface area contributed by atoms with Gasteiger partial charge in [-0.1, -0.05) is 13.8 Å². The average Bonchev–Trinajstić information content (AvgIpc) is 2.91. The summed E-state index contributed by atoms with van der Waals surface area (Å²) in [6.45, 7) is 6.24. The molecular weight excluding hydrogens is 368 g/mol. The van der Waals surface area contributed by atoms with Gasteiger partial charge in [-0.25, -0.2) is 18.0 Å². The summed E-state index contributed by atoms with van der Waals surface area (Å²) in [6.07, 6.45) is 0. The Kier molecular flexibility index (Phi) is 6.33. The highest BCUT2D eigenvalue weighted by molar-refractivity contribution is 7.91. The van der Waals surface area contributed by atoms with Gasteiger partial charge in [-0.3, -0.25) is 0 Å². The fraction of sp³-hybridized carbons (Fsp3) is 0.533. The maximum absolute atomic E-state index is 12.8. The summed E-state index contributed by atoms with van der Waals surface area (Å²) in [7, 11) is -2.01. The normalized spacial score (nSPS) is 13.8. The predicted molar refractivity (Wildman–Crippen MR) is 90.9 cm³/mol. The van der Waals surface area contributed by atoms with E-state index in [0.717, 1.165) is 14.2 Å². The predicted octanol–water partition coefficient (Wildman–Crippen LogP) is 1.85. The molecule has 1 heterocycles. The molecule has 8 nitrogen and oxygen atoms in total. The number of thiophene rings is 1. The molecule has 0 saturated carbocycles. The van der Waals surface area contributed by atoms with E-state index in [0.29, 0.717) is 11.3 Å². The lowest BCUT2D eigenvalue weighted by Crippen LogP contribution is -2.48. The third-order valence-electron chi connectivity index (χ3n) is 3.85. The second-order valence-corrected chi connectivity index (χ2v) is 8.67. The van der Waals surface area contributed by atoms with E-state index < -0.39 is 27.5 Å². The van der Waals surface area contributed by atoms with Gasteiger partial charge < -0.3 is 9.47 Å². The summed E-state index contributed by atoms with van der Waals surface area (Å²) in [6, 6.07) is 1.93. The molecule has 0 unspecified atom stereocenters. The first-order valence-corrected chi connectivity index (χ1v) is 9.50. The summed E-state index contributed by atoms with van der Waals surface area (Å²) in [5.41, 5.74) is -1.49. The number of nitrogens with zero attached hydrogens (tertiary/aromatic N) is 1. The van der Waals surface area contributed by atoms with Crippen molar-refractivity contribution in [1.29, 1.82) is 5.26 Å². The highest BCUT2D eigenvalue weighted by Crippen LogP contribution is 2.34. The van der Waals surface area contributed by atoms with E-state index >= 15 is 0 Å². The average molecular weight is 388 g/mol. The molecule has 0 amide bonds. The van der Waals surface area contributed by atoms with Crippen molar-refractivity contribution in [1.82, 2.24) is 4.72 Å². The number of ether oxygens (including phenoxy) is 2. The molecule has 0 aliphatic heterocycles. The largest absolute Gasteiger partial charge is 0.465 e. The summed E-state index contributed by atoms with van der Waals surface area (Å²) >= 11 is 0.597. The van der Waals surface area contributed by atoms with E-state index in [-0.39, 0.29) is 26.1 Å². The van der Waals surface area contributed by atoms with Crippen molar-refractivity contribution in [3.8, 4) is 6.07 Å². The van der Waals surface area contributed by atoms with Crippen molar-refractivity contribution in [2.75, 3.05) is 14.2 Å². The number of nitriles is 1. The Morgan fingerprint density at radius 2 is 1.76 bits per heavy atom. The van der Waals surface area contributed by atoms with E-state index in [9.17, 15) is 23.3 Å². The van der Waals surface area contributed by atoms with Crippen LogP contribution in [0, 0.1) is 24.2 Å². The van der Waals surface area contributed by atoms with Gasteiger partial charge in [0, 0.05) is 0 Å². The lowest BCUT2D eigenvalue weighted by atomic mass is 9.92. The molecule has 25 heavy (non-hydrogen) atoms. The van der Waals surface area contributed by atoms with Gasteiger partial charge >= 0.3 is 11.9 Å². The van der Waals surface area contributed by atoms with Crippen LogP contribution in [0.15, 0.2) is 4.21 Å². The van der Waals surface area contributed by atoms with Crippen LogP contribution in [0.25, 0.3) is 0 Å². The standard InChI is InChI=1S/C15H20N2O6S2/c1-8(2)15(4,7-16)17-25(20,21)14-10(12(18)22-5)9(3)11(24-14)13(19)23-6/h8,17H,1-6H3/t15-/m1/s1. The van der Waals surface area contributed by atoms with E-state index in [2.05, 4.69) is 14.2 Å². The van der Waals surface area contributed by atoms with E-state index in [1.54, 1.807) is 13.8 Å². The first-order valence-electron chi connectivity index (χ1n) is 7.20. The number of carbonyl (C=O) groups is 2. The third-order valence-corrected chi connectivity index (χ3v) is 7.21. The molecule has 0 aliphatic rings. The van der Waals surface area contributed by atoms with Crippen molar-refractivity contribution in [2.24, 2.45) is 5.92 Å². The quantitative estimate of drug-likeness (QED) is 0.738. The van der Waals surface area contributed by atoms with Crippen LogP contribution in [0.1, 0.15) is 46.4 Å². The van der Waals surface area contributed by atoms with Crippen LogP contribution in [0.4, 0.5) is 0 Å². The van der Waals surface area contributed by atoms with Crippen LogP contribution in [-0.2, 0) is 19.5 Å². The van der Waals surface area contributed by atoms with Crippen molar-refractivity contribution in [3.63, 3.8) is 0 Å². The molecular formula is C15H20N2O6S2. The molecule has 0 bridgehead atoms. The molecule has 1 rings (SSSR count). The Bertz CT molecular complexity index is 835. The van der Waals surface area contributed by atoms with Crippen LogP contribution in [0.5, 0.6) is 0 Å². The fourth-order valence-corrected chi connectivity index (χ4v) is 5.09. The Morgan fingerprint density at radius 1 is 1.24 bits per heavy atom. The fourth-order valence-electron chi connectivity index (χ4n) is 1.90. The number of nitrogens with one attached hydrogen (secondary N) is 1. The van der Waals surface area contributed by atoms with Crippen LogP contribution in [-0.4, -0.2) is 40.1 Å². The zero-order chi connectivity index (χ0) is 19.6. The van der Waals surface area contributed by atoms with Crippen LogP contribution in [0.2, 0.25) is 0 Å². The Hall–Kier alpha value is -1.96. The third kappa shape index (κ3) is 4.00. The van der Waals surface area contributed by atoms with Gasteiger partial charge in [-0.2, -0.15) is 9.98 Å². The van der Waals surface area contributed by atoms with E-state index in [1.807, 2.05) is 6.07 Å². The number of hydrogen-bond donors (Lipinski definition) is 1. The van der Waals surface area contributed by atoms with E-state index in [4.69, 9.17) is 0 Å². The van der Waals surface area contributed by atoms with E-state index in [1.165, 1.54) is 13.8 Å². The lowest BCUT2D eigenvalue weighted by Gasteiger charge is -2.26. The Morgan fingerprint density at radius 3 is 2.16 bits per heavy atom. The monoisotopic (exact) mass is 388 g/mol. The van der Waals surface area contributed by atoms with Gasteiger partial charge in [-0.15, -0.1) is 11.3 Å². The van der Waals surface area contributed by atoms with Gasteiger partial charge in [0.2, 0.25) is 0 Å². The molecule has 0 spiro atoms. The number of carbonyl (C=O) groups excluding carboxylic acids is 2. The highest BCUT2D eigenvalue weighted by Gasteiger charge is 2.38. The van der Waals surface area contributed by atoms with Crippen molar-refractivity contribution in [2.45, 2.75) is 37.4 Å². The van der Waals surface area contributed by atoms with Crippen molar-refractivity contribution >= 4 is 33.3 Å². The summed E-state index contributed by atoms with van der Waals surface area (Å²) in [4.78, 5) is 23.9. The SMILES string of the molecule is COC(=O)c1sc(S(=O)(=O)N[C@](C)(C#N)C(C)C)c(C(=O)OC)c1C. The first kappa shape index (κ1) is 21.1. The second kappa shape index (κ2) is 7.51. The molecule has 0 saturated heterocycles. The minimum Gasteiger partial charge on any atom is -0.465 e. The van der Waals surface area contributed by atoms with Crippen molar-refractivity contribution in [3.05, 3.63) is 16.0 Å². The zero-order valence-electron chi connectivity index (χ0n) is 14.8. The molecule has 0 radical (unpaired) electrons. The summed E-state index contributed by atoms with van der Waals surface area (Å²) < 4.78 is 36.8. The maximum atomic E-state index is 12.8. The number of methoxy groups -OCH3 is 2. The molecule has 0 aliphatic carbocycles. The van der Waals surface area contributed by atoms with Gasteiger partial charge in [-0.05, 0) is 25.3 Å². The maximum Gasteiger partial charge on any atom is 0.348 e. The number of esters is 2. The molecule has 138 valence electrons. The van der Waals surface area contributed by atoms with Crippen LogP contribution >= 0.6 is 11.3 Å². The molecule has 0 aromatic carbocycles. The minimum atomic E-state index is -4.27. The van der Waals surface area contributed by atoms with Crippen molar-refractivity contribution < 1.29 is 27.5 Å². The molecule has 1 aromatic heterocycles. The molecule has 10 heteroatoms. The number of rotatable bonds is 6. The molecule has 1 N–H and O–H groups in total. The Balaban J connectivity index is 3.62. The summed E-state index contributed by atoms with van der Waals surface area (Å²) in [5.74, 6) is -2.00. The van der Waals surface area contributed by atoms with Gasteiger partial charge in [0.15, 0.2) is 4.21 Å².